The van der Waals surface area contributed by atoms with Crippen LogP contribution in [0.2, 0.25) is 5.02 Å². The average molecular weight is 315 g/mol. The summed E-state index contributed by atoms with van der Waals surface area (Å²) in [5.74, 6) is -0.425. The SMILES string of the molecule is O=C(NCCc1c[nH]c2ccccc12)c1ccc(Cl)cc1O. The summed E-state index contributed by atoms with van der Waals surface area (Å²) in [7, 11) is 0. The predicted octanol–water partition coefficient (Wildman–Crippen LogP) is 3.50. The minimum Gasteiger partial charge on any atom is -0.507 e. The summed E-state index contributed by atoms with van der Waals surface area (Å²) in [6.07, 6.45) is 2.67. The second-order valence-electron chi connectivity index (χ2n) is 5.03. The first-order valence-electron chi connectivity index (χ1n) is 6.97. The van der Waals surface area contributed by atoms with Crippen molar-refractivity contribution in [3.8, 4) is 5.75 Å². The molecule has 3 aromatic rings. The van der Waals surface area contributed by atoms with Crippen LogP contribution in [0.5, 0.6) is 5.75 Å². The standard InChI is InChI=1S/C17H15ClN2O2/c18-12-5-6-14(16(21)9-12)17(22)19-8-7-11-10-20-15-4-2-1-3-13(11)15/h1-6,9-10,20-21H,7-8H2,(H,19,22). The Morgan fingerprint density at radius 3 is 2.86 bits per heavy atom. The van der Waals surface area contributed by atoms with Crippen molar-refractivity contribution in [2.24, 2.45) is 0 Å². The van der Waals surface area contributed by atoms with Gasteiger partial charge in [-0.2, -0.15) is 0 Å². The van der Waals surface area contributed by atoms with Gasteiger partial charge in [0.2, 0.25) is 0 Å². The summed E-state index contributed by atoms with van der Waals surface area (Å²) < 4.78 is 0. The van der Waals surface area contributed by atoms with E-state index in [1.165, 1.54) is 12.1 Å². The molecule has 0 bridgehead atoms. The molecule has 1 aromatic heterocycles. The molecule has 0 aliphatic heterocycles. The van der Waals surface area contributed by atoms with Crippen LogP contribution in [0.25, 0.3) is 10.9 Å². The molecule has 0 radical (unpaired) electrons. The molecule has 0 spiro atoms. The molecule has 1 heterocycles. The molecule has 5 heteroatoms. The van der Waals surface area contributed by atoms with Crippen LogP contribution in [0, 0.1) is 0 Å². The number of aromatic hydroxyl groups is 1. The maximum atomic E-state index is 12.0. The number of phenolic OH excluding ortho intramolecular Hbond substituents is 1. The lowest BCUT2D eigenvalue weighted by atomic mass is 10.1. The van der Waals surface area contributed by atoms with E-state index in [9.17, 15) is 9.90 Å². The van der Waals surface area contributed by atoms with Crippen LogP contribution >= 0.6 is 11.6 Å². The molecule has 4 nitrogen and oxygen atoms in total. The number of carbonyl (C=O) groups is 1. The van der Waals surface area contributed by atoms with Crippen molar-refractivity contribution in [2.45, 2.75) is 6.42 Å². The topological polar surface area (TPSA) is 65.1 Å². The fourth-order valence-electron chi connectivity index (χ4n) is 2.44. The van der Waals surface area contributed by atoms with Gasteiger partial charge in [0.05, 0.1) is 5.56 Å². The van der Waals surface area contributed by atoms with Crippen molar-refractivity contribution in [1.29, 1.82) is 0 Å². The second-order valence-corrected chi connectivity index (χ2v) is 5.46. The number of hydrogen-bond acceptors (Lipinski definition) is 2. The number of aromatic nitrogens is 1. The lowest BCUT2D eigenvalue weighted by Gasteiger charge is -2.07. The van der Waals surface area contributed by atoms with E-state index in [0.717, 1.165) is 16.5 Å². The number of phenols is 1. The van der Waals surface area contributed by atoms with Gasteiger partial charge < -0.3 is 15.4 Å². The van der Waals surface area contributed by atoms with Crippen LogP contribution in [-0.4, -0.2) is 22.5 Å². The van der Waals surface area contributed by atoms with E-state index in [1.54, 1.807) is 6.07 Å². The second kappa shape index (κ2) is 6.12. The van der Waals surface area contributed by atoms with Gasteiger partial charge in [0.15, 0.2) is 0 Å². The van der Waals surface area contributed by atoms with Crippen molar-refractivity contribution in [3.63, 3.8) is 0 Å². The molecule has 0 saturated carbocycles. The zero-order valence-corrected chi connectivity index (χ0v) is 12.5. The van der Waals surface area contributed by atoms with Gasteiger partial charge in [0.1, 0.15) is 5.75 Å². The maximum Gasteiger partial charge on any atom is 0.255 e. The van der Waals surface area contributed by atoms with Gasteiger partial charge in [-0.05, 0) is 36.2 Å². The monoisotopic (exact) mass is 314 g/mol. The molecule has 0 atom stereocenters. The molecular weight excluding hydrogens is 300 g/mol. The van der Waals surface area contributed by atoms with Crippen molar-refractivity contribution in [1.82, 2.24) is 10.3 Å². The van der Waals surface area contributed by atoms with E-state index >= 15 is 0 Å². The first kappa shape index (κ1) is 14.5. The largest absolute Gasteiger partial charge is 0.507 e. The van der Waals surface area contributed by atoms with E-state index < -0.39 is 0 Å². The fourth-order valence-corrected chi connectivity index (χ4v) is 2.61. The summed E-state index contributed by atoms with van der Waals surface area (Å²) in [5, 5.41) is 14.1. The summed E-state index contributed by atoms with van der Waals surface area (Å²) in [6.45, 7) is 0.489. The Balaban J connectivity index is 1.64. The number of hydrogen-bond donors (Lipinski definition) is 3. The molecule has 0 unspecified atom stereocenters. The minimum absolute atomic E-state index is 0.114. The number of H-pyrrole nitrogens is 1. The molecule has 1 amide bonds. The summed E-state index contributed by atoms with van der Waals surface area (Å²) in [4.78, 5) is 15.3. The summed E-state index contributed by atoms with van der Waals surface area (Å²) >= 11 is 5.75. The first-order valence-corrected chi connectivity index (χ1v) is 7.34. The van der Waals surface area contributed by atoms with Gasteiger partial charge >= 0.3 is 0 Å². The Hall–Kier alpha value is -2.46. The Bertz CT molecular complexity index is 826. The summed E-state index contributed by atoms with van der Waals surface area (Å²) in [6, 6.07) is 12.5. The maximum absolute atomic E-state index is 12.0. The molecular formula is C17H15ClN2O2. The van der Waals surface area contributed by atoms with E-state index in [2.05, 4.69) is 10.3 Å². The number of aromatic amines is 1. The smallest absolute Gasteiger partial charge is 0.255 e. The van der Waals surface area contributed by atoms with Crippen LogP contribution in [-0.2, 0) is 6.42 Å². The quantitative estimate of drug-likeness (QED) is 0.690. The molecule has 0 aliphatic rings. The third-order valence-corrected chi connectivity index (χ3v) is 3.79. The lowest BCUT2D eigenvalue weighted by Crippen LogP contribution is -2.25. The van der Waals surface area contributed by atoms with E-state index in [1.807, 2.05) is 30.5 Å². The van der Waals surface area contributed by atoms with Crippen molar-refractivity contribution in [2.75, 3.05) is 6.54 Å². The molecule has 22 heavy (non-hydrogen) atoms. The molecule has 3 N–H and O–H groups in total. The van der Waals surface area contributed by atoms with Gasteiger partial charge in [-0.1, -0.05) is 29.8 Å². The Kier molecular flexibility index (Phi) is 4.02. The highest BCUT2D eigenvalue weighted by molar-refractivity contribution is 6.30. The molecule has 0 fully saturated rings. The third kappa shape index (κ3) is 2.92. The molecule has 0 aliphatic carbocycles. The van der Waals surface area contributed by atoms with Crippen LogP contribution < -0.4 is 5.32 Å². The predicted molar refractivity (Wildman–Crippen MR) is 87.5 cm³/mol. The number of para-hydroxylation sites is 1. The normalized spacial score (nSPS) is 10.8. The summed E-state index contributed by atoms with van der Waals surface area (Å²) in [5.41, 5.74) is 2.46. The van der Waals surface area contributed by atoms with Crippen LogP contribution in [0.4, 0.5) is 0 Å². The minimum atomic E-state index is -0.311. The van der Waals surface area contributed by atoms with Gasteiger partial charge in [-0.25, -0.2) is 0 Å². The third-order valence-electron chi connectivity index (χ3n) is 3.56. The van der Waals surface area contributed by atoms with E-state index in [4.69, 9.17) is 11.6 Å². The highest BCUT2D eigenvalue weighted by atomic mass is 35.5. The number of halogens is 1. The van der Waals surface area contributed by atoms with Gasteiger partial charge in [0, 0.05) is 28.7 Å². The van der Waals surface area contributed by atoms with Gasteiger partial charge in [-0.3, -0.25) is 4.79 Å². The van der Waals surface area contributed by atoms with E-state index in [0.29, 0.717) is 18.0 Å². The number of rotatable bonds is 4. The van der Waals surface area contributed by atoms with Crippen LogP contribution in [0.3, 0.4) is 0 Å². The Labute approximate surface area is 132 Å². The number of amides is 1. The molecule has 0 saturated heterocycles. The molecule has 112 valence electrons. The number of carbonyl (C=O) groups excluding carboxylic acids is 1. The molecule has 3 rings (SSSR count). The van der Waals surface area contributed by atoms with Crippen molar-refractivity contribution >= 4 is 28.4 Å². The van der Waals surface area contributed by atoms with Crippen molar-refractivity contribution < 1.29 is 9.90 Å². The first-order chi connectivity index (χ1) is 10.6. The molecule has 2 aromatic carbocycles. The highest BCUT2D eigenvalue weighted by Gasteiger charge is 2.11. The van der Waals surface area contributed by atoms with E-state index in [-0.39, 0.29) is 17.2 Å². The van der Waals surface area contributed by atoms with Gasteiger partial charge in [0.25, 0.3) is 5.91 Å². The van der Waals surface area contributed by atoms with Crippen LogP contribution in [0.15, 0.2) is 48.7 Å². The number of nitrogens with one attached hydrogen (secondary N) is 2. The zero-order valence-electron chi connectivity index (χ0n) is 11.8. The Morgan fingerprint density at radius 2 is 2.05 bits per heavy atom. The zero-order chi connectivity index (χ0) is 15.5. The highest BCUT2D eigenvalue weighted by Crippen LogP contribution is 2.22. The lowest BCUT2D eigenvalue weighted by molar-refractivity contribution is 0.0951. The van der Waals surface area contributed by atoms with Gasteiger partial charge in [-0.15, -0.1) is 0 Å². The fraction of sp³-hybridized carbons (Fsp3) is 0.118. The van der Waals surface area contributed by atoms with Crippen molar-refractivity contribution in [3.05, 3.63) is 64.8 Å². The Morgan fingerprint density at radius 1 is 1.23 bits per heavy atom. The average Bonchev–Trinajstić information content (AvgIpc) is 2.90. The van der Waals surface area contributed by atoms with Crippen LogP contribution in [0.1, 0.15) is 15.9 Å². The number of fused-ring (bicyclic) bond motifs is 1. The number of benzene rings is 2.